The fraction of sp³-hybridized carbons (Fsp3) is 0.370. The van der Waals surface area contributed by atoms with Gasteiger partial charge in [0.05, 0.1) is 0 Å². The smallest absolute Gasteiger partial charge is 0.356 e. The van der Waals surface area contributed by atoms with Crippen molar-refractivity contribution in [2.75, 3.05) is 6.54 Å². The highest BCUT2D eigenvalue weighted by Gasteiger charge is 2.28. The maximum Gasteiger partial charge on any atom is 0.356 e. The van der Waals surface area contributed by atoms with E-state index < -0.39 is 48.0 Å². The molecule has 2 aromatic rings. The molecule has 0 bridgehead atoms. The van der Waals surface area contributed by atoms with E-state index in [4.69, 9.17) is 14.9 Å². The fourth-order valence-electron chi connectivity index (χ4n) is 3.61. The Morgan fingerprint density at radius 3 is 1.87 bits per heavy atom. The van der Waals surface area contributed by atoms with Gasteiger partial charge in [-0.1, -0.05) is 62.2 Å². The molecule has 3 amide bonds. The SMILES string of the molecule is CCCCCNC(=O)C(Cc1ccc(OC(C(=O)O)C(=O)O)cc1)NC(=O)NC(Cc1ccccc1)C(=O)O. The van der Waals surface area contributed by atoms with Crippen LogP contribution >= 0.6 is 0 Å². The van der Waals surface area contributed by atoms with Crippen molar-refractivity contribution in [2.24, 2.45) is 0 Å². The monoisotopic (exact) mass is 543 g/mol. The van der Waals surface area contributed by atoms with Crippen LogP contribution in [0.5, 0.6) is 5.75 Å². The molecule has 0 aliphatic rings. The van der Waals surface area contributed by atoms with Crippen molar-refractivity contribution in [1.82, 2.24) is 16.0 Å². The van der Waals surface area contributed by atoms with E-state index in [-0.39, 0.29) is 18.6 Å². The second-order valence-corrected chi connectivity index (χ2v) is 8.77. The van der Waals surface area contributed by atoms with E-state index in [2.05, 4.69) is 16.0 Å². The number of carbonyl (C=O) groups is 5. The van der Waals surface area contributed by atoms with Crippen LogP contribution in [0.25, 0.3) is 0 Å². The number of unbranched alkanes of at least 4 members (excludes halogenated alkanes) is 2. The molecule has 2 aromatic carbocycles. The average Bonchev–Trinajstić information content (AvgIpc) is 2.90. The van der Waals surface area contributed by atoms with Gasteiger partial charge in [0.1, 0.15) is 17.8 Å². The Labute approximate surface area is 225 Å². The molecule has 0 spiro atoms. The van der Waals surface area contributed by atoms with Gasteiger partial charge in [-0.3, -0.25) is 4.79 Å². The first-order chi connectivity index (χ1) is 18.6. The molecule has 12 heteroatoms. The minimum absolute atomic E-state index is 0.00923. The molecule has 2 atom stereocenters. The zero-order chi connectivity index (χ0) is 28.8. The van der Waals surface area contributed by atoms with Crippen LogP contribution in [0.1, 0.15) is 37.3 Å². The van der Waals surface area contributed by atoms with Gasteiger partial charge in [0.15, 0.2) is 0 Å². The molecule has 0 fully saturated rings. The van der Waals surface area contributed by atoms with Gasteiger partial charge in [-0.2, -0.15) is 0 Å². The number of benzene rings is 2. The number of rotatable bonds is 16. The number of amides is 3. The minimum atomic E-state index is -2.08. The second kappa shape index (κ2) is 15.6. The van der Waals surface area contributed by atoms with Crippen molar-refractivity contribution in [3.8, 4) is 5.75 Å². The number of carboxylic acid groups (broad SMARTS) is 3. The summed E-state index contributed by atoms with van der Waals surface area (Å²) in [4.78, 5) is 59.5. The molecule has 0 aromatic heterocycles. The van der Waals surface area contributed by atoms with E-state index >= 15 is 0 Å². The standard InChI is InChI=1S/C27H33N3O9/c1-2-3-7-14-28-23(31)20(15-18-10-12-19(13-11-18)39-22(25(34)35)26(36)37)29-27(38)30-21(24(32)33)16-17-8-5-4-6-9-17/h4-6,8-13,20-22H,2-3,7,14-16H2,1H3,(H,28,31)(H,32,33)(H,34,35)(H,36,37)(H2,29,30,38). The van der Waals surface area contributed by atoms with Gasteiger partial charge < -0.3 is 36.0 Å². The van der Waals surface area contributed by atoms with Gasteiger partial charge in [0.2, 0.25) is 5.91 Å². The Bertz CT molecular complexity index is 1110. The summed E-state index contributed by atoms with van der Waals surface area (Å²) in [6.07, 6.45) is 0.600. The van der Waals surface area contributed by atoms with Gasteiger partial charge in [0.25, 0.3) is 6.10 Å². The van der Waals surface area contributed by atoms with Crippen molar-refractivity contribution in [2.45, 2.75) is 57.2 Å². The topological polar surface area (TPSA) is 191 Å². The second-order valence-electron chi connectivity index (χ2n) is 8.77. The summed E-state index contributed by atoms with van der Waals surface area (Å²) in [5, 5.41) is 35.2. The quantitative estimate of drug-likeness (QED) is 0.135. The van der Waals surface area contributed by atoms with Crippen LogP contribution in [0.4, 0.5) is 4.79 Å². The number of aliphatic carboxylic acids is 3. The van der Waals surface area contributed by atoms with E-state index in [1.165, 1.54) is 24.3 Å². The Morgan fingerprint density at radius 2 is 1.31 bits per heavy atom. The lowest BCUT2D eigenvalue weighted by molar-refractivity contribution is -0.159. The normalized spacial score (nSPS) is 12.2. The van der Waals surface area contributed by atoms with Crippen LogP contribution in [-0.4, -0.2) is 69.9 Å². The lowest BCUT2D eigenvalue weighted by Gasteiger charge is -2.21. The van der Waals surface area contributed by atoms with E-state index in [1.54, 1.807) is 30.3 Å². The van der Waals surface area contributed by atoms with E-state index in [0.29, 0.717) is 17.7 Å². The molecule has 0 aliphatic carbocycles. The largest absolute Gasteiger partial charge is 0.480 e. The number of hydrogen-bond donors (Lipinski definition) is 6. The zero-order valence-electron chi connectivity index (χ0n) is 21.5. The Morgan fingerprint density at radius 1 is 0.744 bits per heavy atom. The van der Waals surface area contributed by atoms with E-state index in [0.717, 1.165) is 19.3 Å². The predicted octanol–water partition coefficient (Wildman–Crippen LogP) is 1.82. The number of hydrogen-bond acceptors (Lipinski definition) is 6. The Balaban J connectivity index is 2.11. The summed E-state index contributed by atoms with van der Waals surface area (Å²) in [7, 11) is 0. The van der Waals surface area contributed by atoms with Crippen LogP contribution in [0.2, 0.25) is 0 Å². The molecule has 2 unspecified atom stereocenters. The number of carboxylic acids is 3. The van der Waals surface area contributed by atoms with Crippen molar-refractivity contribution in [3.63, 3.8) is 0 Å². The number of carbonyl (C=O) groups excluding carboxylic acids is 2. The molecule has 0 aliphatic heterocycles. The maximum absolute atomic E-state index is 12.9. The van der Waals surface area contributed by atoms with Gasteiger partial charge in [-0.15, -0.1) is 0 Å². The van der Waals surface area contributed by atoms with Crippen LogP contribution in [-0.2, 0) is 32.0 Å². The third kappa shape index (κ3) is 10.7. The lowest BCUT2D eigenvalue weighted by Crippen LogP contribution is -2.54. The predicted molar refractivity (Wildman–Crippen MR) is 139 cm³/mol. The molecular formula is C27H33N3O9. The lowest BCUT2D eigenvalue weighted by atomic mass is 10.0. The average molecular weight is 544 g/mol. The summed E-state index contributed by atoms with van der Waals surface area (Å²) < 4.78 is 4.99. The number of ether oxygens (including phenoxy) is 1. The van der Waals surface area contributed by atoms with Gasteiger partial charge in [0, 0.05) is 19.4 Å². The highest BCUT2D eigenvalue weighted by Crippen LogP contribution is 2.16. The molecular weight excluding hydrogens is 510 g/mol. The number of nitrogens with one attached hydrogen (secondary N) is 3. The summed E-state index contributed by atoms with van der Waals surface area (Å²) >= 11 is 0. The van der Waals surface area contributed by atoms with Crippen molar-refractivity contribution >= 4 is 29.8 Å². The van der Waals surface area contributed by atoms with Gasteiger partial charge in [-0.25, -0.2) is 19.2 Å². The molecule has 0 saturated carbocycles. The summed E-state index contributed by atoms with van der Waals surface area (Å²) in [5.74, 6) is -5.02. The van der Waals surface area contributed by atoms with Crippen molar-refractivity contribution in [1.29, 1.82) is 0 Å². The third-order valence-corrected chi connectivity index (χ3v) is 5.65. The molecule has 0 heterocycles. The van der Waals surface area contributed by atoms with Crippen molar-refractivity contribution < 1.29 is 44.0 Å². The van der Waals surface area contributed by atoms with Crippen LogP contribution in [0.3, 0.4) is 0 Å². The Hall–Kier alpha value is -4.61. The summed E-state index contributed by atoms with van der Waals surface area (Å²) in [6.45, 7) is 2.42. The molecule has 0 saturated heterocycles. The van der Waals surface area contributed by atoms with Crippen LogP contribution < -0.4 is 20.7 Å². The molecule has 6 N–H and O–H groups in total. The number of urea groups is 1. The first-order valence-electron chi connectivity index (χ1n) is 12.4. The maximum atomic E-state index is 12.9. The molecule has 0 radical (unpaired) electrons. The van der Waals surface area contributed by atoms with E-state index in [1.807, 2.05) is 6.92 Å². The highest BCUT2D eigenvalue weighted by molar-refractivity contribution is 5.96. The van der Waals surface area contributed by atoms with Crippen LogP contribution in [0.15, 0.2) is 54.6 Å². The molecule has 39 heavy (non-hydrogen) atoms. The van der Waals surface area contributed by atoms with Gasteiger partial charge >= 0.3 is 23.9 Å². The fourth-order valence-corrected chi connectivity index (χ4v) is 3.61. The molecule has 210 valence electrons. The van der Waals surface area contributed by atoms with Crippen molar-refractivity contribution in [3.05, 3.63) is 65.7 Å². The molecule has 2 rings (SSSR count). The zero-order valence-corrected chi connectivity index (χ0v) is 21.5. The van der Waals surface area contributed by atoms with E-state index in [9.17, 15) is 29.1 Å². The Kier molecular flexibility index (Phi) is 12.2. The summed E-state index contributed by atoms with van der Waals surface area (Å²) in [5.41, 5.74) is 1.27. The highest BCUT2D eigenvalue weighted by atomic mass is 16.5. The minimum Gasteiger partial charge on any atom is -0.480 e. The van der Waals surface area contributed by atoms with Gasteiger partial charge in [-0.05, 0) is 29.7 Å². The summed E-state index contributed by atoms with van der Waals surface area (Å²) in [6, 6.07) is 11.4. The first-order valence-corrected chi connectivity index (χ1v) is 12.4. The van der Waals surface area contributed by atoms with Crippen LogP contribution in [0, 0.1) is 0 Å². The third-order valence-electron chi connectivity index (χ3n) is 5.65. The first kappa shape index (κ1) is 30.6. The molecule has 12 nitrogen and oxygen atoms in total.